The smallest absolute Gasteiger partial charge is 0.269 e. The van der Waals surface area contributed by atoms with Gasteiger partial charge in [-0.05, 0) is 36.4 Å². The van der Waals surface area contributed by atoms with Gasteiger partial charge in [-0.25, -0.2) is 0 Å². The van der Waals surface area contributed by atoms with E-state index in [2.05, 4.69) is 20.4 Å². The zero-order valence-electron chi connectivity index (χ0n) is 16.1. The number of nitrogens with zero attached hydrogens (tertiary/aromatic N) is 3. The van der Waals surface area contributed by atoms with E-state index in [4.69, 9.17) is 0 Å². The van der Waals surface area contributed by atoms with Gasteiger partial charge in [-0.15, -0.1) is 0 Å². The Bertz CT molecular complexity index is 875. The average molecular weight is 397 g/mol. The first-order valence-corrected chi connectivity index (χ1v) is 9.30. The molecule has 0 saturated carbocycles. The molecule has 0 aromatic heterocycles. The highest BCUT2D eigenvalue weighted by Crippen LogP contribution is 2.20. The van der Waals surface area contributed by atoms with Gasteiger partial charge in [0.2, 0.25) is 11.8 Å². The molecule has 0 unspecified atom stereocenters. The van der Waals surface area contributed by atoms with Gasteiger partial charge in [0.1, 0.15) is 0 Å². The first kappa shape index (κ1) is 20.3. The Balaban J connectivity index is 1.45. The van der Waals surface area contributed by atoms with Gasteiger partial charge in [-0.1, -0.05) is 0 Å². The second kappa shape index (κ2) is 9.16. The van der Waals surface area contributed by atoms with Crippen molar-refractivity contribution in [1.29, 1.82) is 0 Å². The van der Waals surface area contributed by atoms with Crippen molar-refractivity contribution in [3.05, 3.63) is 58.6 Å². The Labute approximate surface area is 168 Å². The maximum atomic E-state index is 12.3. The Kier molecular flexibility index (Phi) is 6.40. The first-order valence-electron chi connectivity index (χ1n) is 9.30. The number of carbonyl (C=O) groups is 2. The number of nitro benzene ring substituents is 1. The standard InChI is InChI=1S/C20H23N5O4/c1-15(26)21-16-2-4-17(5-3-16)22-20(27)14-23-10-12-24(13-11-23)18-6-8-19(9-7-18)25(28)29/h2-9H,10-14H2,1H3,(H,21,26)(H,22,27). The Morgan fingerprint density at radius 2 is 1.48 bits per heavy atom. The highest BCUT2D eigenvalue weighted by atomic mass is 16.6. The molecule has 0 aliphatic carbocycles. The third-order valence-electron chi connectivity index (χ3n) is 4.65. The van der Waals surface area contributed by atoms with E-state index in [0.717, 1.165) is 31.9 Å². The molecule has 0 spiro atoms. The number of nitrogens with one attached hydrogen (secondary N) is 2. The summed E-state index contributed by atoms with van der Waals surface area (Å²) in [6.45, 7) is 4.68. The lowest BCUT2D eigenvalue weighted by Crippen LogP contribution is -2.48. The number of carbonyl (C=O) groups excluding carboxylic acids is 2. The van der Waals surface area contributed by atoms with Crippen LogP contribution >= 0.6 is 0 Å². The van der Waals surface area contributed by atoms with E-state index in [1.54, 1.807) is 36.4 Å². The molecule has 0 radical (unpaired) electrons. The number of hydrogen-bond acceptors (Lipinski definition) is 6. The Hall–Kier alpha value is -3.46. The van der Waals surface area contributed by atoms with E-state index in [1.165, 1.54) is 19.1 Å². The lowest BCUT2D eigenvalue weighted by Gasteiger charge is -2.35. The fourth-order valence-corrected chi connectivity index (χ4v) is 3.19. The fourth-order valence-electron chi connectivity index (χ4n) is 3.19. The summed E-state index contributed by atoms with van der Waals surface area (Å²) < 4.78 is 0. The molecule has 9 nitrogen and oxygen atoms in total. The highest BCUT2D eigenvalue weighted by Gasteiger charge is 2.19. The van der Waals surface area contributed by atoms with Crippen molar-refractivity contribution in [2.75, 3.05) is 48.3 Å². The summed E-state index contributed by atoms with van der Waals surface area (Å²) >= 11 is 0. The molecule has 152 valence electrons. The first-order chi connectivity index (χ1) is 13.9. The summed E-state index contributed by atoms with van der Waals surface area (Å²) in [4.78, 5) is 37.9. The predicted octanol–water partition coefficient (Wildman–Crippen LogP) is 2.31. The minimum Gasteiger partial charge on any atom is -0.369 e. The van der Waals surface area contributed by atoms with Crippen LogP contribution in [0.3, 0.4) is 0 Å². The van der Waals surface area contributed by atoms with Crippen LogP contribution in [0.4, 0.5) is 22.7 Å². The number of hydrogen-bond donors (Lipinski definition) is 2. The predicted molar refractivity (Wildman–Crippen MR) is 111 cm³/mol. The summed E-state index contributed by atoms with van der Waals surface area (Å²) in [6, 6.07) is 13.5. The maximum absolute atomic E-state index is 12.3. The van der Waals surface area contributed by atoms with Crippen molar-refractivity contribution < 1.29 is 14.5 Å². The van der Waals surface area contributed by atoms with Crippen molar-refractivity contribution in [3.63, 3.8) is 0 Å². The molecule has 0 atom stereocenters. The van der Waals surface area contributed by atoms with Crippen LogP contribution in [0.1, 0.15) is 6.92 Å². The lowest BCUT2D eigenvalue weighted by molar-refractivity contribution is -0.384. The van der Waals surface area contributed by atoms with Gasteiger partial charge >= 0.3 is 0 Å². The van der Waals surface area contributed by atoms with Crippen LogP contribution in [0.25, 0.3) is 0 Å². The third-order valence-corrected chi connectivity index (χ3v) is 4.65. The summed E-state index contributed by atoms with van der Waals surface area (Å²) in [5, 5.41) is 16.3. The van der Waals surface area contributed by atoms with Crippen LogP contribution in [-0.2, 0) is 9.59 Å². The molecule has 2 aromatic rings. The molecule has 2 amide bonds. The molecular weight excluding hydrogens is 374 g/mol. The molecular formula is C20H23N5O4. The molecule has 1 fully saturated rings. The number of amides is 2. The molecule has 1 aliphatic heterocycles. The minimum atomic E-state index is -0.409. The van der Waals surface area contributed by atoms with Gasteiger partial charge in [0, 0.05) is 62.3 Å². The molecule has 0 bridgehead atoms. The largest absolute Gasteiger partial charge is 0.369 e. The van der Waals surface area contributed by atoms with E-state index in [9.17, 15) is 19.7 Å². The summed E-state index contributed by atoms with van der Waals surface area (Å²) in [7, 11) is 0. The summed E-state index contributed by atoms with van der Waals surface area (Å²) in [6.07, 6.45) is 0. The van der Waals surface area contributed by atoms with E-state index in [0.29, 0.717) is 17.9 Å². The minimum absolute atomic E-state index is 0.0779. The topological polar surface area (TPSA) is 108 Å². The monoisotopic (exact) mass is 397 g/mol. The van der Waals surface area contributed by atoms with Gasteiger partial charge in [0.25, 0.3) is 5.69 Å². The normalized spacial score (nSPS) is 14.3. The van der Waals surface area contributed by atoms with Crippen LogP contribution in [-0.4, -0.2) is 54.4 Å². The summed E-state index contributed by atoms with van der Waals surface area (Å²) in [5.41, 5.74) is 2.37. The molecule has 2 N–H and O–H groups in total. The van der Waals surface area contributed by atoms with Crippen LogP contribution in [0, 0.1) is 10.1 Å². The number of anilines is 3. The maximum Gasteiger partial charge on any atom is 0.269 e. The van der Waals surface area contributed by atoms with Gasteiger partial charge in [-0.3, -0.25) is 24.6 Å². The van der Waals surface area contributed by atoms with Crippen LogP contribution in [0.15, 0.2) is 48.5 Å². The number of non-ortho nitro benzene ring substituents is 1. The number of piperazine rings is 1. The van der Waals surface area contributed by atoms with Gasteiger partial charge in [0.05, 0.1) is 11.5 Å². The molecule has 3 rings (SSSR count). The Morgan fingerprint density at radius 3 is 2.00 bits per heavy atom. The Morgan fingerprint density at radius 1 is 0.931 bits per heavy atom. The summed E-state index contributed by atoms with van der Waals surface area (Å²) in [5.74, 6) is -0.240. The van der Waals surface area contributed by atoms with E-state index in [-0.39, 0.29) is 17.5 Å². The van der Waals surface area contributed by atoms with Gasteiger partial charge in [-0.2, -0.15) is 0 Å². The highest BCUT2D eigenvalue weighted by molar-refractivity contribution is 5.93. The third kappa shape index (κ3) is 5.76. The number of nitro groups is 1. The van der Waals surface area contributed by atoms with Gasteiger partial charge in [0.15, 0.2) is 0 Å². The van der Waals surface area contributed by atoms with Gasteiger partial charge < -0.3 is 15.5 Å². The van der Waals surface area contributed by atoms with E-state index >= 15 is 0 Å². The zero-order valence-corrected chi connectivity index (χ0v) is 16.1. The molecule has 1 aliphatic rings. The molecule has 1 heterocycles. The van der Waals surface area contributed by atoms with Crippen LogP contribution in [0.2, 0.25) is 0 Å². The molecule has 9 heteroatoms. The SMILES string of the molecule is CC(=O)Nc1ccc(NC(=O)CN2CCN(c3ccc([N+](=O)[O-])cc3)CC2)cc1. The number of benzene rings is 2. The van der Waals surface area contributed by atoms with Crippen LogP contribution < -0.4 is 15.5 Å². The second-order valence-corrected chi connectivity index (χ2v) is 6.84. The van der Waals surface area contributed by atoms with E-state index in [1.807, 2.05) is 0 Å². The van der Waals surface area contributed by atoms with Crippen molar-refractivity contribution in [1.82, 2.24) is 4.90 Å². The zero-order chi connectivity index (χ0) is 20.8. The average Bonchev–Trinajstić information content (AvgIpc) is 2.70. The van der Waals surface area contributed by atoms with Crippen molar-refractivity contribution in [3.8, 4) is 0 Å². The van der Waals surface area contributed by atoms with Crippen molar-refractivity contribution in [2.45, 2.75) is 6.92 Å². The van der Waals surface area contributed by atoms with Crippen molar-refractivity contribution >= 4 is 34.6 Å². The van der Waals surface area contributed by atoms with Crippen molar-refractivity contribution in [2.24, 2.45) is 0 Å². The van der Waals surface area contributed by atoms with Crippen LogP contribution in [0.5, 0.6) is 0 Å². The lowest BCUT2D eigenvalue weighted by atomic mass is 10.2. The fraction of sp³-hybridized carbons (Fsp3) is 0.300. The molecule has 29 heavy (non-hydrogen) atoms. The van der Waals surface area contributed by atoms with E-state index < -0.39 is 4.92 Å². The quantitative estimate of drug-likeness (QED) is 0.572. The molecule has 2 aromatic carbocycles. The molecule has 1 saturated heterocycles. The second-order valence-electron chi connectivity index (χ2n) is 6.84. The number of rotatable bonds is 6.